The lowest BCUT2D eigenvalue weighted by Gasteiger charge is -2.29. The Hall–Kier alpha value is -0.120. The summed E-state index contributed by atoms with van der Waals surface area (Å²) in [6.07, 6.45) is 7.76. The lowest BCUT2D eigenvalue weighted by Crippen LogP contribution is -2.38. The smallest absolute Gasteiger partial charge is 0.0900 e. The van der Waals surface area contributed by atoms with Crippen molar-refractivity contribution in [1.82, 2.24) is 4.90 Å². The molecule has 1 heterocycles. The maximum Gasteiger partial charge on any atom is 0.0900 e. The Balaban J connectivity index is 1.61. The van der Waals surface area contributed by atoms with Crippen LogP contribution >= 0.6 is 0 Å². The van der Waals surface area contributed by atoms with Crippen LogP contribution in [0.4, 0.5) is 0 Å². The molecule has 0 radical (unpaired) electrons. The molecule has 2 rings (SSSR count). The molecule has 3 heteroatoms. The summed E-state index contributed by atoms with van der Waals surface area (Å²) in [6.45, 7) is 5.87. The molecule has 0 aromatic heterocycles. The molecule has 1 saturated heterocycles. The number of aliphatic hydroxyl groups is 1. The molecule has 0 bridgehead atoms. The number of rotatable bonds is 5. The lowest BCUT2D eigenvalue weighted by molar-refractivity contribution is -0.0331. The number of hydrogen-bond donors (Lipinski definition) is 1. The summed E-state index contributed by atoms with van der Waals surface area (Å²) in [4.78, 5) is 2.37. The zero-order chi connectivity index (χ0) is 12.1. The third-order valence-corrected chi connectivity index (χ3v) is 4.20. The summed E-state index contributed by atoms with van der Waals surface area (Å²) in [6, 6.07) is 0. The molecule has 1 N–H and O–H groups in total. The Morgan fingerprint density at radius 3 is 2.59 bits per heavy atom. The fraction of sp³-hybridized carbons (Fsp3) is 1.00. The number of β-amino-alcohol motifs (C(OH)–C–C–N with tert-alkyl or cyclic N) is 1. The minimum Gasteiger partial charge on any atom is -0.389 e. The van der Waals surface area contributed by atoms with E-state index in [1.54, 1.807) is 0 Å². The van der Waals surface area contributed by atoms with Crippen molar-refractivity contribution in [1.29, 1.82) is 0 Å². The van der Waals surface area contributed by atoms with Crippen LogP contribution in [0.5, 0.6) is 0 Å². The van der Waals surface area contributed by atoms with Gasteiger partial charge in [0.1, 0.15) is 0 Å². The van der Waals surface area contributed by atoms with Gasteiger partial charge in [0.05, 0.1) is 18.8 Å². The van der Waals surface area contributed by atoms with Gasteiger partial charge in [-0.05, 0) is 44.7 Å². The van der Waals surface area contributed by atoms with Crippen LogP contribution in [0, 0.1) is 5.92 Å². The zero-order valence-corrected chi connectivity index (χ0v) is 11.1. The van der Waals surface area contributed by atoms with E-state index in [1.807, 2.05) is 0 Å². The van der Waals surface area contributed by atoms with E-state index in [2.05, 4.69) is 11.8 Å². The molecule has 3 atom stereocenters. The Morgan fingerprint density at radius 1 is 1.18 bits per heavy atom. The summed E-state index contributed by atoms with van der Waals surface area (Å²) in [5.41, 5.74) is 0. The Labute approximate surface area is 105 Å². The predicted molar refractivity (Wildman–Crippen MR) is 69.1 cm³/mol. The first kappa shape index (κ1) is 13.3. The van der Waals surface area contributed by atoms with E-state index in [-0.39, 0.29) is 6.10 Å². The summed E-state index contributed by atoms with van der Waals surface area (Å²) in [5, 5.41) is 9.98. The molecule has 1 aliphatic heterocycles. The molecule has 0 aromatic carbocycles. The van der Waals surface area contributed by atoms with Gasteiger partial charge in [-0.15, -0.1) is 0 Å². The van der Waals surface area contributed by atoms with Gasteiger partial charge in [-0.2, -0.15) is 0 Å². The van der Waals surface area contributed by atoms with Crippen LogP contribution in [-0.4, -0.2) is 48.5 Å². The van der Waals surface area contributed by atoms with Crippen molar-refractivity contribution in [3.63, 3.8) is 0 Å². The second-order valence-corrected chi connectivity index (χ2v) is 5.80. The van der Waals surface area contributed by atoms with Gasteiger partial charge in [0, 0.05) is 6.54 Å². The topological polar surface area (TPSA) is 32.7 Å². The molecule has 2 fully saturated rings. The van der Waals surface area contributed by atoms with Crippen molar-refractivity contribution < 1.29 is 9.84 Å². The van der Waals surface area contributed by atoms with E-state index in [0.717, 1.165) is 19.6 Å². The molecule has 0 aromatic rings. The molecule has 0 unspecified atom stereocenters. The number of piperidine rings is 1. The first-order valence-electron chi connectivity index (χ1n) is 7.27. The molecule has 0 spiro atoms. The van der Waals surface area contributed by atoms with Crippen LogP contribution in [-0.2, 0) is 4.74 Å². The van der Waals surface area contributed by atoms with Gasteiger partial charge in [-0.3, -0.25) is 0 Å². The van der Waals surface area contributed by atoms with Crippen LogP contribution in [0.25, 0.3) is 0 Å². The van der Waals surface area contributed by atoms with E-state index >= 15 is 0 Å². The maximum atomic E-state index is 9.98. The molecule has 3 nitrogen and oxygen atoms in total. The van der Waals surface area contributed by atoms with E-state index in [1.165, 1.54) is 38.5 Å². The second-order valence-electron chi connectivity index (χ2n) is 5.80. The molecule has 1 saturated carbocycles. The molecule has 17 heavy (non-hydrogen) atoms. The van der Waals surface area contributed by atoms with Gasteiger partial charge in [-0.1, -0.05) is 19.8 Å². The molecule has 1 aliphatic carbocycles. The maximum absolute atomic E-state index is 9.98. The number of likely N-dealkylation sites (tertiary alicyclic amines) is 1. The number of nitrogens with zero attached hydrogens (tertiary/aromatic N) is 1. The monoisotopic (exact) mass is 241 g/mol. The van der Waals surface area contributed by atoms with Gasteiger partial charge in [0.25, 0.3) is 0 Å². The fourth-order valence-electron chi connectivity index (χ4n) is 3.09. The average molecular weight is 241 g/mol. The minimum atomic E-state index is -0.305. The quantitative estimate of drug-likeness (QED) is 0.799. The highest BCUT2D eigenvalue weighted by Crippen LogP contribution is 2.27. The van der Waals surface area contributed by atoms with Crippen LogP contribution in [0.15, 0.2) is 0 Å². The lowest BCUT2D eigenvalue weighted by atomic mass is 10.1. The van der Waals surface area contributed by atoms with Gasteiger partial charge in [-0.25, -0.2) is 0 Å². The molecule has 100 valence electrons. The Kier molecular flexibility index (Phi) is 5.26. The van der Waals surface area contributed by atoms with Gasteiger partial charge in [0.2, 0.25) is 0 Å². The summed E-state index contributed by atoms with van der Waals surface area (Å²) >= 11 is 0. The van der Waals surface area contributed by atoms with E-state index < -0.39 is 0 Å². The minimum absolute atomic E-state index is 0.305. The van der Waals surface area contributed by atoms with Crippen molar-refractivity contribution in [3.8, 4) is 0 Å². The number of ether oxygens (including phenoxy) is 1. The van der Waals surface area contributed by atoms with Gasteiger partial charge < -0.3 is 14.7 Å². The predicted octanol–water partition coefficient (Wildman–Crippen LogP) is 2.04. The molecular weight excluding hydrogens is 214 g/mol. The number of hydrogen-bond acceptors (Lipinski definition) is 3. The third-order valence-electron chi connectivity index (χ3n) is 4.20. The highest BCUT2D eigenvalue weighted by atomic mass is 16.5. The summed E-state index contributed by atoms with van der Waals surface area (Å²) in [7, 11) is 0. The van der Waals surface area contributed by atoms with Gasteiger partial charge in [0.15, 0.2) is 0 Å². The van der Waals surface area contributed by atoms with Crippen molar-refractivity contribution in [2.45, 2.75) is 57.7 Å². The Bertz CT molecular complexity index is 216. The highest BCUT2D eigenvalue weighted by Gasteiger charge is 2.25. The van der Waals surface area contributed by atoms with Crippen molar-refractivity contribution in [2.75, 3.05) is 26.2 Å². The third kappa shape index (κ3) is 4.23. The van der Waals surface area contributed by atoms with Crippen LogP contribution in [0.3, 0.4) is 0 Å². The second kappa shape index (κ2) is 6.72. The fourth-order valence-corrected chi connectivity index (χ4v) is 3.09. The SMILES string of the molecule is C[C@@H]1CCC[C@H]1OC[C@H](O)CN1CCCCC1. The van der Waals surface area contributed by atoms with E-state index in [9.17, 15) is 5.11 Å². The van der Waals surface area contributed by atoms with Crippen LogP contribution < -0.4 is 0 Å². The molecule has 0 amide bonds. The average Bonchev–Trinajstić information content (AvgIpc) is 2.74. The van der Waals surface area contributed by atoms with E-state index in [0.29, 0.717) is 18.6 Å². The molecule has 2 aliphatic rings. The van der Waals surface area contributed by atoms with Gasteiger partial charge >= 0.3 is 0 Å². The Morgan fingerprint density at radius 2 is 1.94 bits per heavy atom. The first-order valence-corrected chi connectivity index (χ1v) is 7.27. The summed E-state index contributed by atoms with van der Waals surface area (Å²) in [5.74, 6) is 0.678. The normalized spacial score (nSPS) is 32.8. The zero-order valence-electron chi connectivity index (χ0n) is 11.1. The van der Waals surface area contributed by atoms with Crippen molar-refractivity contribution in [2.24, 2.45) is 5.92 Å². The van der Waals surface area contributed by atoms with Crippen molar-refractivity contribution in [3.05, 3.63) is 0 Å². The van der Waals surface area contributed by atoms with Crippen molar-refractivity contribution >= 4 is 0 Å². The highest BCUT2D eigenvalue weighted by molar-refractivity contribution is 4.75. The largest absolute Gasteiger partial charge is 0.389 e. The molecular formula is C14H27NO2. The summed E-state index contributed by atoms with van der Waals surface area (Å²) < 4.78 is 5.84. The first-order chi connectivity index (χ1) is 8.25. The van der Waals surface area contributed by atoms with E-state index in [4.69, 9.17) is 4.74 Å². The number of aliphatic hydroxyl groups excluding tert-OH is 1. The standard InChI is InChI=1S/C14H27NO2/c1-12-6-5-7-14(12)17-11-13(16)10-15-8-3-2-4-9-15/h12-14,16H,2-11H2,1H3/t12-,13-,14-/m1/s1. The van der Waals surface area contributed by atoms with Crippen LogP contribution in [0.2, 0.25) is 0 Å². The van der Waals surface area contributed by atoms with Crippen LogP contribution in [0.1, 0.15) is 45.4 Å².